The Hall–Kier alpha value is -3.26. The molecule has 0 aliphatic carbocycles. The maximum absolute atomic E-state index is 13.3. The average molecular weight is 555 g/mol. The predicted molar refractivity (Wildman–Crippen MR) is 127 cm³/mol. The minimum atomic E-state index is -4.51. The molecule has 4 heterocycles. The fourth-order valence-electron chi connectivity index (χ4n) is 4.82. The Morgan fingerprint density at radius 3 is 2.00 bits per heavy atom. The average Bonchev–Trinajstić information content (AvgIpc) is 3.39. The number of rotatable bonds is 3. The van der Waals surface area contributed by atoms with Gasteiger partial charge in [0.05, 0.1) is 28.5 Å². The van der Waals surface area contributed by atoms with Gasteiger partial charge in [0.15, 0.2) is 29.4 Å². The number of sulfone groups is 2. The van der Waals surface area contributed by atoms with Crippen LogP contribution in [0.15, 0.2) is 54.9 Å². The van der Waals surface area contributed by atoms with Crippen LogP contribution in [-0.4, -0.2) is 71.1 Å². The summed E-state index contributed by atoms with van der Waals surface area (Å²) < 4.78 is 88.9. The van der Waals surface area contributed by atoms with Gasteiger partial charge in [0.25, 0.3) is 5.91 Å². The van der Waals surface area contributed by atoms with Gasteiger partial charge < -0.3 is 4.90 Å². The minimum absolute atomic E-state index is 0.0141. The third-order valence-electron chi connectivity index (χ3n) is 6.91. The molecule has 2 aromatic heterocycles. The third kappa shape index (κ3) is 4.21. The van der Waals surface area contributed by atoms with Gasteiger partial charge in [-0.25, -0.2) is 21.5 Å². The standard InChI is InChI=1S/C23H21F3N4O5S2/c24-23(25,26)17-1-3-18(4-2-17)30-20(16-5-9-27-10-6-16)15-19(28-30)21(31)29-11-7-22(8-12-29)36(32,33)13-14-37(22,34)35/h1-6,9-10,15H,7-8,11-14H2. The van der Waals surface area contributed by atoms with E-state index >= 15 is 0 Å². The molecule has 0 N–H and O–H groups in total. The molecule has 196 valence electrons. The monoisotopic (exact) mass is 554 g/mol. The van der Waals surface area contributed by atoms with Gasteiger partial charge in [-0.15, -0.1) is 0 Å². The van der Waals surface area contributed by atoms with Crippen LogP contribution in [0.5, 0.6) is 0 Å². The van der Waals surface area contributed by atoms with Crippen molar-refractivity contribution in [1.82, 2.24) is 19.7 Å². The Bertz CT molecular complexity index is 1520. The summed E-state index contributed by atoms with van der Waals surface area (Å²) in [5.74, 6) is -1.38. The normalized spacial score (nSPS) is 20.2. The highest BCUT2D eigenvalue weighted by Gasteiger charge is 2.60. The summed E-state index contributed by atoms with van der Waals surface area (Å²) in [5, 5.41) is 4.36. The quantitative estimate of drug-likeness (QED) is 0.488. The van der Waals surface area contributed by atoms with E-state index in [1.165, 1.54) is 40.2 Å². The topological polar surface area (TPSA) is 119 Å². The second-order valence-electron chi connectivity index (χ2n) is 8.95. The minimum Gasteiger partial charge on any atom is -0.337 e. The smallest absolute Gasteiger partial charge is 0.337 e. The Kier molecular flexibility index (Phi) is 5.94. The molecule has 3 aromatic rings. The number of halogens is 3. The summed E-state index contributed by atoms with van der Waals surface area (Å²) in [6.45, 7) is -0.177. The second kappa shape index (κ2) is 8.65. The second-order valence-corrected chi connectivity index (χ2v) is 14.0. The van der Waals surface area contributed by atoms with Gasteiger partial charge in [0.1, 0.15) is 0 Å². The summed E-state index contributed by atoms with van der Waals surface area (Å²) in [6, 6.07) is 9.13. The first-order valence-electron chi connectivity index (χ1n) is 11.3. The van der Waals surface area contributed by atoms with Crippen LogP contribution in [0.1, 0.15) is 28.9 Å². The summed E-state index contributed by atoms with van der Waals surface area (Å²) in [7, 11) is -7.70. The number of carbonyl (C=O) groups excluding carboxylic acids is 1. The van der Waals surface area contributed by atoms with E-state index in [-0.39, 0.29) is 31.6 Å². The number of benzene rings is 1. The zero-order valence-corrected chi connectivity index (χ0v) is 20.9. The van der Waals surface area contributed by atoms with E-state index in [9.17, 15) is 34.8 Å². The summed E-state index contributed by atoms with van der Waals surface area (Å²) >= 11 is 0. The first kappa shape index (κ1) is 25.4. The Labute approximate surface area is 210 Å². The lowest BCUT2D eigenvalue weighted by atomic mass is 10.1. The molecular weight excluding hydrogens is 533 g/mol. The SMILES string of the molecule is O=C(c1cc(-c2ccncc2)n(-c2ccc(C(F)(F)F)cc2)n1)N1CCC2(CC1)S(=O)(=O)CCS2(=O)=O. The molecule has 1 spiro atoms. The van der Waals surface area contributed by atoms with Crippen LogP contribution in [-0.2, 0) is 25.9 Å². The molecule has 37 heavy (non-hydrogen) atoms. The lowest BCUT2D eigenvalue weighted by molar-refractivity contribution is -0.137. The number of likely N-dealkylation sites (tertiary alicyclic amines) is 1. The molecule has 9 nitrogen and oxygen atoms in total. The highest BCUT2D eigenvalue weighted by Crippen LogP contribution is 2.42. The van der Waals surface area contributed by atoms with E-state index < -0.39 is 52.9 Å². The number of aromatic nitrogens is 3. The molecule has 5 rings (SSSR count). The first-order chi connectivity index (χ1) is 17.3. The molecule has 0 unspecified atom stereocenters. The lowest BCUT2D eigenvalue weighted by Crippen LogP contribution is -2.52. The molecule has 2 aliphatic heterocycles. The molecule has 1 amide bonds. The van der Waals surface area contributed by atoms with Crippen molar-refractivity contribution in [2.24, 2.45) is 0 Å². The van der Waals surface area contributed by atoms with Gasteiger partial charge in [-0.05, 0) is 55.3 Å². The van der Waals surface area contributed by atoms with Crippen molar-refractivity contribution in [2.45, 2.75) is 23.1 Å². The zero-order valence-electron chi connectivity index (χ0n) is 19.2. The Morgan fingerprint density at radius 2 is 1.46 bits per heavy atom. The number of piperidine rings is 1. The van der Waals surface area contributed by atoms with Crippen molar-refractivity contribution in [3.05, 3.63) is 66.1 Å². The number of amides is 1. The number of pyridine rings is 1. The van der Waals surface area contributed by atoms with Crippen LogP contribution >= 0.6 is 0 Å². The number of carbonyl (C=O) groups is 1. The predicted octanol–water partition coefficient (Wildman–Crippen LogP) is 2.73. The van der Waals surface area contributed by atoms with Crippen molar-refractivity contribution in [1.29, 1.82) is 0 Å². The largest absolute Gasteiger partial charge is 0.416 e. The number of alkyl halides is 3. The van der Waals surface area contributed by atoms with Gasteiger partial charge in [-0.1, -0.05) is 0 Å². The van der Waals surface area contributed by atoms with Gasteiger partial charge in [-0.2, -0.15) is 18.3 Å². The van der Waals surface area contributed by atoms with Gasteiger partial charge in [-0.3, -0.25) is 9.78 Å². The van der Waals surface area contributed by atoms with E-state index in [4.69, 9.17) is 0 Å². The molecule has 2 aliphatic rings. The third-order valence-corrected chi connectivity index (χ3v) is 13.3. The van der Waals surface area contributed by atoms with E-state index in [0.29, 0.717) is 16.9 Å². The van der Waals surface area contributed by atoms with E-state index in [2.05, 4.69) is 10.1 Å². The van der Waals surface area contributed by atoms with E-state index in [1.54, 1.807) is 12.1 Å². The van der Waals surface area contributed by atoms with Crippen molar-refractivity contribution in [3.8, 4) is 16.9 Å². The molecule has 0 radical (unpaired) electrons. The molecule has 0 saturated carbocycles. The summed E-state index contributed by atoms with van der Waals surface area (Å²) in [5.41, 5.74) is 0.491. The van der Waals surface area contributed by atoms with Gasteiger partial charge >= 0.3 is 6.18 Å². The maximum atomic E-state index is 13.3. The highest BCUT2D eigenvalue weighted by atomic mass is 32.3. The molecule has 2 saturated heterocycles. The molecule has 2 fully saturated rings. The van der Waals surface area contributed by atoms with Crippen LogP contribution in [0.3, 0.4) is 0 Å². The molecule has 1 aromatic carbocycles. The van der Waals surface area contributed by atoms with Crippen LogP contribution in [0.4, 0.5) is 13.2 Å². The van der Waals surface area contributed by atoms with Crippen molar-refractivity contribution in [3.63, 3.8) is 0 Å². The lowest BCUT2D eigenvalue weighted by Gasteiger charge is -2.36. The highest BCUT2D eigenvalue weighted by molar-refractivity contribution is 8.13. The van der Waals surface area contributed by atoms with Crippen LogP contribution in [0, 0.1) is 0 Å². The summed E-state index contributed by atoms with van der Waals surface area (Å²) in [6.07, 6.45) is -1.91. The van der Waals surface area contributed by atoms with Crippen LogP contribution < -0.4 is 0 Å². The van der Waals surface area contributed by atoms with Crippen LogP contribution in [0.25, 0.3) is 16.9 Å². The van der Waals surface area contributed by atoms with E-state index in [1.807, 2.05) is 0 Å². The van der Waals surface area contributed by atoms with Gasteiger partial charge in [0.2, 0.25) is 0 Å². The Balaban J connectivity index is 1.47. The fourth-order valence-corrected chi connectivity index (χ4v) is 11.0. The summed E-state index contributed by atoms with van der Waals surface area (Å²) in [4.78, 5) is 18.6. The number of hydrogen-bond donors (Lipinski definition) is 0. The molecule has 0 bridgehead atoms. The van der Waals surface area contributed by atoms with E-state index in [0.717, 1.165) is 12.1 Å². The molecular formula is C23H21F3N4O5S2. The number of nitrogens with zero attached hydrogens (tertiary/aromatic N) is 4. The first-order valence-corrected chi connectivity index (χ1v) is 14.6. The van der Waals surface area contributed by atoms with Crippen molar-refractivity contribution < 1.29 is 34.8 Å². The number of hydrogen-bond acceptors (Lipinski definition) is 7. The Morgan fingerprint density at radius 1 is 0.892 bits per heavy atom. The van der Waals surface area contributed by atoms with Gasteiger partial charge in [0, 0.05) is 31.0 Å². The van der Waals surface area contributed by atoms with Crippen LogP contribution in [0.2, 0.25) is 0 Å². The van der Waals surface area contributed by atoms with Crippen molar-refractivity contribution >= 4 is 25.6 Å². The fraction of sp³-hybridized carbons (Fsp3) is 0.348. The van der Waals surface area contributed by atoms with Crippen molar-refractivity contribution in [2.75, 3.05) is 24.6 Å². The maximum Gasteiger partial charge on any atom is 0.416 e. The zero-order chi connectivity index (χ0) is 26.6. The molecule has 0 atom stereocenters. The molecule has 14 heteroatoms.